The largest absolute Gasteiger partial charge is 0.480 e. The van der Waals surface area contributed by atoms with E-state index in [4.69, 9.17) is 5.11 Å². The maximum absolute atomic E-state index is 10.6. The van der Waals surface area contributed by atoms with Crippen molar-refractivity contribution in [3.63, 3.8) is 0 Å². The van der Waals surface area contributed by atoms with Gasteiger partial charge in [0.2, 0.25) is 0 Å². The molecule has 5 heteroatoms. The Bertz CT molecular complexity index is 493. The molecule has 0 aliphatic carbocycles. The number of carbonyl (C=O) groups is 1. The second kappa shape index (κ2) is 3.42. The van der Waals surface area contributed by atoms with Crippen LogP contribution in [0.15, 0.2) is 29.1 Å². The predicted octanol–water partition coefficient (Wildman–Crippen LogP) is 1.88. The van der Waals surface area contributed by atoms with Crippen LogP contribution >= 0.6 is 15.9 Å². The number of nitrogens with zero attached hydrogens (tertiary/aromatic N) is 2. The molecular formula is C9H7BrN2O2. The topological polar surface area (TPSA) is 55.1 Å². The summed E-state index contributed by atoms with van der Waals surface area (Å²) in [6.07, 6.45) is 5.09. The van der Waals surface area contributed by atoms with E-state index in [-0.39, 0.29) is 6.54 Å². The Labute approximate surface area is 88.3 Å². The van der Waals surface area contributed by atoms with Crippen molar-refractivity contribution >= 4 is 32.8 Å². The highest BCUT2D eigenvalue weighted by molar-refractivity contribution is 9.10. The average Bonchev–Trinajstić information content (AvgIpc) is 2.44. The Morgan fingerprint density at radius 2 is 2.43 bits per heavy atom. The van der Waals surface area contributed by atoms with Crippen LogP contribution in [0, 0.1) is 0 Å². The van der Waals surface area contributed by atoms with Crippen LogP contribution < -0.4 is 0 Å². The number of aromatic nitrogens is 2. The molecule has 0 aromatic carbocycles. The first-order valence-electron chi connectivity index (χ1n) is 3.98. The quantitative estimate of drug-likeness (QED) is 0.891. The van der Waals surface area contributed by atoms with E-state index in [0.29, 0.717) is 0 Å². The zero-order valence-corrected chi connectivity index (χ0v) is 8.73. The minimum Gasteiger partial charge on any atom is -0.480 e. The second-order valence-corrected chi connectivity index (χ2v) is 3.75. The summed E-state index contributed by atoms with van der Waals surface area (Å²) in [5, 5.41) is 9.65. The molecule has 2 rings (SSSR count). The molecule has 2 aromatic heterocycles. The smallest absolute Gasteiger partial charge is 0.323 e. The van der Waals surface area contributed by atoms with E-state index in [1.807, 2.05) is 6.07 Å². The van der Waals surface area contributed by atoms with Gasteiger partial charge in [-0.25, -0.2) is 0 Å². The highest BCUT2D eigenvalue weighted by atomic mass is 79.9. The first kappa shape index (κ1) is 9.21. The van der Waals surface area contributed by atoms with Gasteiger partial charge < -0.3 is 9.67 Å². The molecule has 0 unspecified atom stereocenters. The van der Waals surface area contributed by atoms with Crippen molar-refractivity contribution in [2.75, 3.05) is 0 Å². The Morgan fingerprint density at radius 1 is 1.64 bits per heavy atom. The molecule has 14 heavy (non-hydrogen) atoms. The molecule has 0 fully saturated rings. The van der Waals surface area contributed by atoms with Crippen LogP contribution in [-0.4, -0.2) is 20.6 Å². The molecule has 0 aliphatic heterocycles. The Kier molecular flexibility index (Phi) is 2.25. The predicted molar refractivity (Wildman–Crippen MR) is 55.1 cm³/mol. The Morgan fingerprint density at radius 3 is 3.14 bits per heavy atom. The maximum atomic E-state index is 10.6. The normalized spacial score (nSPS) is 10.6. The van der Waals surface area contributed by atoms with Gasteiger partial charge in [0.1, 0.15) is 6.54 Å². The van der Waals surface area contributed by atoms with E-state index in [0.717, 1.165) is 15.4 Å². The molecule has 2 heterocycles. The van der Waals surface area contributed by atoms with E-state index in [9.17, 15) is 4.79 Å². The fourth-order valence-corrected chi connectivity index (χ4v) is 1.95. The maximum Gasteiger partial charge on any atom is 0.323 e. The van der Waals surface area contributed by atoms with E-state index in [1.54, 1.807) is 23.2 Å². The van der Waals surface area contributed by atoms with Crippen molar-refractivity contribution in [2.24, 2.45) is 0 Å². The lowest BCUT2D eigenvalue weighted by Gasteiger charge is -1.98. The molecule has 72 valence electrons. The van der Waals surface area contributed by atoms with Gasteiger partial charge in [-0.15, -0.1) is 0 Å². The number of fused-ring (bicyclic) bond motifs is 1. The lowest BCUT2D eigenvalue weighted by atomic mass is 10.3. The highest BCUT2D eigenvalue weighted by Crippen LogP contribution is 2.24. The molecule has 0 spiro atoms. The first-order valence-corrected chi connectivity index (χ1v) is 4.78. The number of rotatable bonds is 2. The summed E-state index contributed by atoms with van der Waals surface area (Å²) < 4.78 is 2.53. The number of aliphatic carboxylic acids is 1. The molecule has 0 amide bonds. The van der Waals surface area contributed by atoms with Gasteiger partial charge in [0.15, 0.2) is 0 Å². The second-order valence-electron chi connectivity index (χ2n) is 2.89. The molecule has 0 saturated carbocycles. The SMILES string of the molecule is O=C(O)Cn1cc(Br)c2ccncc21. The van der Waals surface area contributed by atoms with Crippen LogP contribution in [0.4, 0.5) is 0 Å². The van der Waals surface area contributed by atoms with E-state index >= 15 is 0 Å². The fraction of sp³-hybridized carbons (Fsp3) is 0.111. The van der Waals surface area contributed by atoms with Crippen molar-refractivity contribution in [3.05, 3.63) is 29.1 Å². The standard InChI is InChI=1S/C9H7BrN2O2/c10-7-4-12(5-9(13)14)8-3-11-2-1-6(7)8/h1-4H,5H2,(H,13,14). The van der Waals surface area contributed by atoms with Gasteiger partial charge in [-0.2, -0.15) is 0 Å². The van der Waals surface area contributed by atoms with Crippen molar-refractivity contribution in [1.29, 1.82) is 0 Å². The number of pyridine rings is 1. The van der Waals surface area contributed by atoms with Crippen LogP contribution in [-0.2, 0) is 11.3 Å². The van der Waals surface area contributed by atoms with Gasteiger partial charge in [-0.3, -0.25) is 9.78 Å². The number of carboxylic acid groups (broad SMARTS) is 1. The molecule has 0 bridgehead atoms. The third-order valence-corrected chi connectivity index (χ3v) is 2.57. The first-order chi connectivity index (χ1) is 6.68. The van der Waals surface area contributed by atoms with Crippen LogP contribution in [0.2, 0.25) is 0 Å². The zero-order chi connectivity index (χ0) is 10.1. The fourth-order valence-electron chi connectivity index (χ4n) is 1.37. The molecule has 0 radical (unpaired) electrons. The Balaban J connectivity index is 2.60. The molecule has 2 aromatic rings. The summed E-state index contributed by atoms with van der Waals surface area (Å²) in [5.74, 6) is -0.863. The minimum atomic E-state index is -0.863. The summed E-state index contributed by atoms with van der Waals surface area (Å²) in [7, 11) is 0. The highest BCUT2D eigenvalue weighted by Gasteiger charge is 2.08. The summed E-state index contributed by atoms with van der Waals surface area (Å²) >= 11 is 3.37. The number of halogens is 1. The van der Waals surface area contributed by atoms with Crippen molar-refractivity contribution in [1.82, 2.24) is 9.55 Å². The third kappa shape index (κ3) is 1.50. The average molecular weight is 255 g/mol. The van der Waals surface area contributed by atoms with Gasteiger partial charge in [0.25, 0.3) is 0 Å². The van der Waals surface area contributed by atoms with Gasteiger partial charge in [0.05, 0.1) is 11.7 Å². The third-order valence-electron chi connectivity index (χ3n) is 1.94. The van der Waals surface area contributed by atoms with E-state index in [2.05, 4.69) is 20.9 Å². The molecular weight excluding hydrogens is 248 g/mol. The van der Waals surface area contributed by atoms with Crippen LogP contribution in [0.25, 0.3) is 10.9 Å². The lowest BCUT2D eigenvalue weighted by Crippen LogP contribution is -2.07. The van der Waals surface area contributed by atoms with E-state index < -0.39 is 5.97 Å². The molecule has 0 aliphatic rings. The number of carboxylic acids is 1. The molecule has 4 nitrogen and oxygen atoms in total. The molecule has 0 atom stereocenters. The van der Waals surface area contributed by atoms with Crippen molar-refractivity contribution < 1.29 is 9.90 Å². The molecule has 1 N–H and O–H groups in total. The van der Waals surface area contributed by atoms with Gasteiger partial charge in [0, 0.05) is 22.3 Å². The minimum absolute atomic E-state index is 0.0478. The summed E-state index contributed by atoms with van der Waals surface area (Å²) in [6, 6.07) is 1.85. The number of hydrogen-bond donors (Lipinski definition) is 1. The van der Waals surface area contributed by atoms with Crippen LogP contribution in [0.1, 0.15) is 0 Å². The van der Waals surface area contributed by atoms with E-state index in [1.165, 1.54) is 0 Å². The number of hydrogen-bond acceptors (Lipinski definition) is 2. The summed E-state index contributed by atoms with van der Waals surface area (Å²) in [5.41, 5.74) is 0.821. The van der Waals surface area contributed by atoms with Gasteiger partial charge in [-0.05, 0) is 22.0 Å². The molecule has 0 saturated heterocycles. The van der Waals surface area contributed by atoms with Crippen LogP contribution in [0.5, 0.6) is 0 Å². The zero-order valence-electron chi connectivity index (χ0n) is 7.14. The monoisotopic (exact) mass is 254 g/mol. The van der Waals surface area contributed by atoms with Gasteiger partial charge in [-0.1, -0.05) is 0 Å². The Hall–Kier alpha value is -1.36. The van der Waals surface area contributed by atoms with Crippen LogP contribution in [0.3, 0.4) is 0 Å². The van der Waals surface area contributed by atoms with Crippen molar-refractivity contribution in [2.45, 2.75) is 6.54 Å². The lowest BCUT2D eigenvalue weighted by molar-refractivity contribution is -0.137. The summed E-state index contributed by atoms with van der Waals surface area (Å²) in [4.78, 5) is 14.5. The van der Waals surface area contributed by atoms with Gasteiger partial charge >= 0.3 is 5.97 Å². The summed E-state index contributed by atoms with van der Waals surface area (Å²) in [6.45, 7) is -0.0478. The van der Waals surface area contributed by atoms with Crippen molar-refractivity contribution in [3.8, 4) is 0 Å².